The van der Waals surface area contributed by atoms with Crippen LogP contribution in [0.25, 0.3) is 178 Å². The molecule has 0 unspecified atom stereocenters. The largest absolute Gasteiger partial charge is 0.309 e. The lowest BCUT2D eigenvalue weighted by molar-refractivity contribution is 0.523. The number of hydrogen-bond acceptors (Lipinski definition) is 8. The summed E-state index contributed by atoms with van der Waals surface area (Å²) in [5.74, 6) is 2.73. The zero-order valence-electron chi connectivity index (χ0n) is 72.7. The highest BCUT2D eigenvalue weighted by Crippen LogP contribution is 2.48. The van der Waals surface area contributed by atoms with Gasteiger partial charge < -0.3 is 18.3 Å². The third-order valence-electron chi connectivity index (χ3n) is 25.2. The fourth-order valence-corrected chi connectivity index (χ4v) is 18.6. The van der Waals surface area contributed by atoms with Crippen molar-refractivity contribution >= 4 is 87.2 Å². The summed E-state index contributed by atoms with van der Waals surface area (Å²) in [6, 6.07) is 107. The van der Waals surface area contributed by atoms with Gasteiger partial charge in [0.1, 0.15) is 12.1 Å². The van der Waals surface area contributed by atoms with Gasteiger partial charge in [-0.1, -0.05) is 256 Å². The molecule has 14 aromatic carbocycles. The van der Waals surface area contributed by atoms with Crippen molar-refractivity contribution in [1.82, 2.24) is 48.2 Å². The van der Waals surface area contributed by atoms with E-state index in [4.69, 9.17) is 29.9 Å². The van der Waals surface area contributed by atoms with Crippen molar-refractivity contribution in [2.24, 2.45) is 0 Å². The van der Waals surface area contributed by atoms with Gasteiger partial charge in [0.2, 0.25) is 0 Å². The second-order valence-corrected chi connectivity index (χ2v) is 37.6. The Labute approximate surface area is 722 Å². The molecular formula is C112H94N12. The molecule has 0 saturated carbocycles. The zero-order valence-corrected chi connectivity index (χ0v) is 72.7. The molecule has 12 heteroatoms. The molecule has 12 nitrogen and oxygen atoms in total. The molecule has 0 atom stereocenters. The van der Waals surface area contributed by atoms with E-state index in [0.29, 0.717) is 63.6 Å². The van der Waals surface area contributed by atoms with Crippen LogP contribution in [0.2, 0.25) is 0 Å². The van der Waals surface area contributed by atoms with Crippen LogP contribution < -0.4 is 0 Å². The predicted molar refractivity (Wildman–Crippen MR) is 511 cm³/mol. The number of aromatic nitrogens is 10. The average molecular weight is 1610 g/mol. The van der Waals surface area contributed by atoms with Crippen molar-refractivity contribution in [3.05, 3.63) is 346 Å². The van der Waals surface area contributed by atoms with E-state index in [1.807, 2.05) is 103 Å². The topological polar surface area (TPSA) is 145 Å². The Bertz CT molecular complexity index is 7660. The van der Waals surface area contributed by atoms with Gasteiger partial charge in [-0.15, -0.1) is 0 Å². The molecule has 6 heterocycles. The van der Waals surface area contributed by atoms with Crippen LogP contribution in [0.5, 0.6) is 0 Å². The normalized spacial score (nSPS) is 12.3. The molecule has 0 aliphatic rings. The molecule has 0 radical (unpaired) electrons. The number of nitriles is 2. The minimum atomic E-state index is -0.450. The summed E-state index contributed by atoms with van der Waals surface area (Å²) in [6.45, 7) is 33.7. The van der Waals surface area contributed by atoms with Gasteiger partial charge in [0.05, 0.1) is 77.8 Å². The molecule has 0 spiro atoms. The van der Waals surface area contributed by atoms with Gasteiger partial charge >= 0.3 is 0 Å². The minimum absolute atomic E-state index is 0.144. The Morgan fingerprint density at radius 1 is 0.258 bits per heavy atom. The molecule has 0 N–H and O–H groups in total. The number of hydrogen-bond donors (Lipinski definition) is 0. The molecule has 0 bridgehead atoms. The SMILES string of the molecule is Cc1ccc2c(c1)c1cc(C)ccc1n2-c1cc(C#N)c(-c2nc(-c3ccccc3)nc(-c3cccc(CC(C)(C)c4ccc5c(c4)c4cc(C(C)(C)C)ccc4n5-c4cc(C#N)c(-c5nc(-c6ccccc6)nc(-c6ccccc6)n5)c(-n5c6ccc(C(C)(C)C)cc6c6cc(C(C)(C)C)ccc65)c4)c3)n2)c(-n2c3ccc(C)cc3c3cc(C)ccc32)c1. The van der Waals surface area contributed by atoms with Crippen LogP contribution in [0.15, 0.2) is 285 Å². The molecule has 0 amide bonds. The van der Waals surface area contributed by atoms with Crippen molar-refractivity contribution in [2.75, 3.05) is 0 Å². The quantitative estimate of drug-likeness (QED) is 0.111. The Kier molecular flexibility index (Phi) is 18.4. The molecule has 20 aromatic rings. The lowest BCUT2D eigenvalue weighted by atomic mass is 9.78. The van der Waals surface area contributed by atoms with Gasteiger partial charge in [0, 0.05) is 76.7 Å². The second-order valence-electron chi connectivity index (χ2n) is 37.6. The van der Waals surface area contributed by atoms with E-state index in [1.54, 1.807) is 0 Å². The first-order chi connectivity index (χ1) is 59.6. The fraction of sp³-hybridized carbons (Fsp3) is 0.179. The molecule has 6 aromatic heterocycles. The molecule has 0 aliphatic heterocycles. The summed E-state index contributed by atoms with van der Waals surface area (Å²) >= 11 is 0. The fourth-order valence-electron chi connectivity index (χ4n) is 18.6. The standard InChI is InChI=1S/C112H94N12/c1-66-34-42-91-83(50-66)84-51-67(2)35-43-92(84)121(91)81-55-76(65-114)102(99(61-81)123-95-44-36-68(3)52-85(95)86-53-69(4)37-45-96(86)123)108-119-105(73-31-23-18-24-32-73)116-106(120-108)74-33-25-26-70(54-74)63-112(14,15)80-41-49-94-90(60-80)87-57-77(109(5,6)7)38-46-93(87)122(94)82-56-75(64-113)101(107-117-103(71-27-19-16-20-28-71)115-104(118-107)72-29-21-17-22-30-72)100(62-82)124-97-47-39-78(110(8,9)10)58-88(97)89-59-79(111(11,12)13)40-48-98(89)124/h16-62H,63H2,1-15H3. The lowest BCUT2D eigenvalue weighted by Crippen LogP contribution is -2.20. The summed E-state index contributed by atoms with van der Waals surface area (Å²) < 4.78 is 9.33. The van der Waals surface area contributed by atoms with E-state index in [0.717, 1.165) is 154 Å². The van der Waals surface area contributed by atoms with Crippen LogP contribution in [0.1, 0.15) is 137 Å². The summed E-state index contributed by atoms with van der Waals surface area (Å²) in [6.07, 6.45) is 0.652. The van der Waals surface area contributed by atoms with Crippen LogP contribution >= 0.6 is 0 Å². The van der Waals surface area contributed by atoms with Crippen LogP contribution in [-0.4, -0.2) is 48.2 Å². The van der Waals surface area contributed by atoms with E-state index in [1.165, 1.54) is 27.8 Å². The zero-order chi connectivity index (χ0) is 85.7. The van der Waals surface area contributed by atoms with Gasteiger partial charge in [0.15, 0.2) is 34.9 Å². The monoisotopic (exact) mass is 1610 g/mol. The first-order valence-corrected chi connectivity index (χ1v) is 42.8. The molecule has 0 saturated heterocycles. The molecular weight excluding hydrogens is 1510 g/mol. The number of aryl methyl sites for hydroxylation is 4. The van der Waals surface area contributed by atoms with E-state index in [9.17, 15) is 10.5 Å². The first-order valence-electron chi connectivity index (χ1n) is 42.8. The number of nitrogens with zero attached hydrogens (tertiary/aromatic N) is 12. The van der Waals surface area contributed by atoms with Gasteiger partial charge in [0.25, 0.3) is 0 Å². The summed E-state index contributed by atoms with van der Waals surface area (Å²) in [5.41, 5.74) is 26.2. The van der Waals surface area contributed by atoms with Crippen molar-refractivity contribution in [1.29, 1.82) is 10.5 Å². The van der Waals surface area contributed by atoms with Gasteiger partial charge in [-0.25, -0.2) is 29.9 Å². The van der Waals surface area contributed by atoms with E-state index in [-0.39, 0.29) is 16.2 Å². The summed E-state index contributed by atoms with van der Waals surface area (Å²) in [4.78, 5) is 32.5. The molecule has 20 rings (SSSR count). The van der Waals surface area contributed by atoms with Gasteiger partial charge in [-0.3, -0.25) is 0 Å². The number of benzene rings is 14. The number of fused-ring (bicyclic) bond motifs is 12. The Balaban J connectivity index is 0.755. The van der Waals surface area contributed by atoms with Crippen molar-refractivity contribution in [2.45, 2.75) is 132 Å². The predicted octanol–water partition coefficient (Wildman–Crippen LogP) is 27.8. The minimum Gasteiger partial charge on any atom is -0.309 e. The van der Waals surface area contributed by atoms with Crippen molar-refractivity contribution in [3.63, 3.8) is 0 Å². The molecule has 602 valence electrons. The lowest BCUT2D eigenvalue weighted by Gasteiger charge is -2.26. The number of rotatable bonds is 13. The van der Waals surface area contributed by atoms with Crippen molar-refractivity contribution < 1.29 is 0 Å². The Morgan fingerprint density at radius 3 is 0.855 bits per heavy atom. The van der Waals surface area contributed by atoms with E-state index in [2.05, 4.69) is 316 Å². The third-order valence-corrected chi connectivity index (χ3v) is 25.2. The van der Waals surface area contributed by atoms with E-state index < -0.39 is 5.41 Å². The molecule has 0 aliphatic carbocycles. The molecule has 0 fully saturated rings. The third kappa shape index (κ3) is 13.4. The highest BCUT2D eigenvalue weighted by molar-refractivity contribution is 6.14. The maximum absolute atomic E-state index is 12.1. The van der Waals surface area contributed by atoms with Crippen LogP contribution in [-0.2, 0) is 28.1 Å². The summed E-state index contributed by atoms with van der Waals surface area (Å²) in [7, 11) is 0. The smallest absolute Gasteiger partial charge is 0.167 e. The van der Waals surface area contributed by atoms with Crippen LogP contribution in [0.4, 0.5) is 0 Å². The van der Waals surface area contributed by atoms with Gasteiger partial charge in [-0.2, -0.15) is 10.5 Å². The first kappa shape index (κ1) is 77.9. The van der Waals surface area contributed by atoms with Crippen molar-refractivity contribution in [3.8, 4) is 103 Å². The second kappa shape index (κ2) is 29.3. The highest BCUT2D eigenvalue weighted by Gasteiger charge is 2.32. The molecule has 124 heavy (non-hydrogen) atoms. The Morgan fingerprint density at radius 2 is 0.532 bits per heavy atom. The maximum atomic E-state index is 12.1. The highest BCUT2D eigenvalue weighted by atomic mass is 15.1. The Hall–Kier alpha value is -14.7. The van der Waals surface area contributed by atoms with Crippen LogP contribution in [0, 0.1) is 50.4 Å². The average Bonchev–Trinajstić information content (AvgIpc) is 1.54. The maximum Gasteiger partial charge on any atom is 0.167 e. The van der Waals surface area contributed by atoms with Crippen LogP contribution in [0.3, 0.4) is 0 Å². The van der Waals surface area contributed by atoms with Gasteiger partial charge in [-0.05, 0) is 211 Å². The van der Waals surface area contributed by atoms with E-state index >= 15 is 0 Å². The summed E-state index contributed by atoms with van der Waals surface area (Å²) in [5, 5.41) is 33.0.